The molecular formula is C10H7BrN2OS. The van der Waals surface area contributed by atoms with Gasteiger partial charge in [-0.2, -0.15) is 0 Å². The molecule has 0 saturated heterocycles. The van der Waals surface area contributed by atoms with Crippen molar-refractivity contribution in [1.82, 2.24) is 9.97 Å². The Labute approximate surface area is 99.3 Å². The van der Waals surface area contributed by atoms with Crippen LogP contribution in [-0.4, -0.2) is 15.8 Å². The van der Waals surface area contributed by atoms with Crippen molar-refractivity contribution in [2.75, 3.05) is 0 Å². The number of pyridine rings is 1. The van der Waals surface area contributed by atoms with Crippen molar-refractivity contribution >= 4 is 33.0 Å². The minimum atomic E-state index is 0.0630. The first-order chi connectivity index (χ1) is 7.25. The average molecular weight is 283 g/mol. The quantitative estimate of drug-likeness (QED) is 0.813. The molecule has 2 aromatic heterocycles. The number of thiazole rings is 1. The monoisotopic (exact) mass is 282 g/mol. The van der Waals surface area contributed by atoms with E-state index in [1.54, 1.807) is 30.2 Å². The minimum Gasteiger partial charge on any atom is -0.294 e. The minimum absolute atomic E-state index is 0.0630. The summed E-state index contributed by atoms with van der Waals surface area (Å²) in [6, 6.07) is 1.77. The van der Waals surface area contributed by atoms with Crippen molar-refractivity contribution in [1.29, 1.82) is 0 Å². The Kier molecular flexibility index (Phi) is 3.23. The standard InChI is InChI=1S/C10H7BrN2OS/c11-8-1-7(3-12-4-8)10(14)2-9-5-13-6-15-9/h1,3-6H,2H2. The highest BCUT2D eigenvalue weighted by atomic mass is 79.9. The van der Waals surface area contributed by atoms with Gasteiger partial charge in [0, 0.05) is 39.9 Å². The van der Waals surface area contributed by atoms with E-state index >= 15 is 0 Å². The van der Waals surface area contributed by atoms with Crippen LogP contribution < -0.4 is 0 Å². The zero-order chi connectivity index (χ0) is 10.7. The Balaban J connectivity index is 2.15. The first-order valence-corrected chi connectivity index (χ1v) is 5.94. The number of nitrogens with zero attached hydrogens (tertiary/aromatic N) is 2. The molecule has 2 rings (SSSR count). The second-order valence-corrected chi connectivity index (χ2v) is 4.85. The highest BCUT2D eigenvalue weighted by molar-refractivity contribution is 9.10. The maximum Gasteiger partial charge on any atom is 0.169 e. The number of ketones is 1. The summed E-state index contributed by atoms with van der Waals surface area (Å²) in [7, 11) is 0. The van der Waals surface area contributed by atoms with Crippen molar-refractivity contribution in [2.45, 2.75) is 6.42 Å². The van der Waals surface area contributed by atoms with Gasteiger partial charge in [-0.15, -0.1) is 11.3 Å². The molecule has 0 radical (unpaired) electrons. The van der Waals surface area contributed by atoms with E-state index in [4.69, 9.17) is 0 Å². The van der Waals surface area contributed by atoms with E-state index in [0.29, 0.717) is 12.0 Å². The molecule has 0 saturated carbocycles. The largest absolute Gasteiger partial charge is 0.294 e. The molecule has 0 atom stereocenters. The molecule has 0 N–H and O–H groups in total. The van der Waals surface area contributed by atoms with Gasteiger partial charge in [0.15, 0.2) is 5.78 Å². The lowest BCUT2D eigenvalue weighted by Gasteiger charge is -1.98. The summed E-state index contributed by atoms with van der Waals surface area (Å²) < 4.78 is 0.817. The van der Waals surface area contributed by atoms with E-state index in [1.165, 1.54) is 11.3 Å². The second-order valence-electron chi connectivity index (χ2n) is 2.96. The first kappa shape index (κ1) is 10.4. The number of aromatic nitrogens is 2. The fourth-order valence-electron chi connectivity index (χ4n) is 1.15. The molecule has 2 aromatic rings. The third-order valence-corrected chi connectivity index (χ3v) is 3.06. The Morgan fingerprint density at radius 1 is 1.33 bits per heavy atom. The van der Waals surface area contributed by atoms with Gasteiger partial charge in [0.25, 0.3) is 0 Å². The van der Waals surface area contributed by atoms with Crippen LogP contribution in [-0.2, 0) is 6.42 Å². The molecular weight excluding hydrogens is 276 g/mol. The van der Waals surface area contributed by atoms with E-state index in [9.17, 15) is 4.79 Å². The first-order valence-electron chi connectivity index (χ1n) is 4.27. The van der Waals surface area contributed by atoms with Crippen LogP contribution >= 0.6 is 27.3 Å². The molecule has 2 heterocycles. The van der Waals surface area contributed by atoms with Crippen LogP contribution in [0.2, 0.25) is 0 Å². The lowest BCUT2D eigenvalue weighted by atomic mass is 10.1. The molecule has 0 aliphatic carbocycles. The average Bonchev–Trinajstić information content (AvgIpc) is 2.70. The van der Waals surface area contributed by atoms with Crippen LogP contribution in [0, 0.1) is 0 Å². The summed E-state index contributed by atoms with van der Waals surface area (Å²) >= 11 is 4.77. The van der Waals surface area contributed by atoms with Gasteiger partial charge in [-0.25, -0.2) is 0 Å². The summed E-state index contributed by atoms with van der Waals surface area (Å²) in [4.78, 5) is 20.6. The van der Waals surface area contributed by atoms with E-state index in [0.717, 1.165) is 9.35 Å². The molecule has 0 aliphatic rings. The van der Waals surface area contributed by atoms with Crippen molar-refractivity contribution in [3.8, 4) is 0 Å². The molecule has 0 fully saturated rings. The Morgan fingerprint density at radius 3 is 2.87 bits per heavy atom. The van der Waals surface area contributed by atoms with Gasteiger partial charge in [-0.05, 0) is 22.0 Å². The fraction of sp³-hybridized carbons (Fsp3) is 0.100. The summed E-state index contributed by atoms with van der Waals surface area (Å²) in [5.41, 5.74) is 2.35. The summed E-state index contributed by atoms with van der Waals surface area (Å²) in [5.74, 6) is 0.0630. The summed E-state index contributed by atoms with van der Waals surface area (Å²) in [5, 5.41) is 0. The Bertz CT molecular complexity index is 470. The number of rotatable bonds is 3. The molecule has 0 spiro atoms. The summed E-state index contributed by atoms with van der Waals surface area (Å²) in [6.07, 6.45) is 5.34. The number of carbonyl (C=O) groups is 1. The molecule has 76 valence electrons. The molecule has 0 aliphatic heterocycles. The van der Waals surface area contributed by atoms with E-state index < -0.39 is 0 Å². The highest BCUT2D eigenvalue weighted by Crippen LogP contribution is 2.14. The normalized spacial score (nSPS) is 10.2. The van der Waals surface area contributed by atoms with Gasteiger partial charge in [-0.3, -0.25) is 14.8 Å². The smallest absolute Gasteiger partial charge is 0.169 e. The van der Waals surface area contributed by atoms with Crippen LogP contribution in [0.5, 0.6) is 0 Å². The SMILES string of the molecule is O=C(Cc1cncs1)c1cncc(Br)c1. The zero-order valence-electron chi connectivity index (χ0n) is 7.68. The van der Waals surface area contributed by atoms with Gasteiger partial charge in [0.05, 0.1) is 5.51 Å². The topological polar surface area (TPSA) is 42.9 Å². The van der Waals surface area contributed by atoms with Gasteiger partial charge < -0.3 is 0 Å². The van der Waals surface area contributed by atoms with Crippen LogP contribution in [0.3, 0.4) is 0 Å². The van der Waals surface area contributed by atoms with Gasteiger partial charge >= 0.3 is 0 Å². The van der Waals surface area contributed by atoms with Crippen LogP contribution in [0.4, 0.5) is 0 Å². The third-order valence-electron chi connectivity index (χ3n) is 1.85. The van der Waals surface area contributed by atoms with Crippen LogP contribution in [0.1, 0.15) is 15.2 Å². The molecule has 3 nitrogen and oxygen atoms in total. The van der Waals surface area contributed by atoms with Crippen LogP contribution in [0.25, 0.3) is 0 Å². The number of carbonyl (C=O) groups excluding carboxylic acids is 1. The van der Waals surface area contributed by atoms with Gasteiger partial charge in [-0.1, -0.05) is 0 Å². The van der Waals surface area contributed by atoms with Crippen molar-refractivity contribution in [3.63, 3.8) is 0 Å². The maximum atomic E-state index is 11.8. The van der Waals surface area contributed by atoms with Gasteiger partial charge in [0.2, 0.25) is 0 Å². The second kappa shape index (κ2) is 4.63. The maximum absolute atomic E-state index is 11.8. The van der Waals surface area contributed by atoms with E-state index in [1.807, 2.05) is 0 Å². The summed E-state index contributed by atoms with van der Waals surface area (Å²) in [6.45, 7) is 0. The highest BCUT2D eigenvalue weighted by Gasteiger charge is 2.08. The number of halogens is 1. The van der Waals surface area contributed by atoms with E-state index in [2.05, 4.69) is 25.9 Å². The fourth-order valence-corrected chi connectivity index (χ4v) is 2.11. The molecule has 0 unspecified atom stereocenters. The lowest BCUT2D eigenvalue weighted by molar-refractivity contribution is 0.0993. The number of hydrogen-bond donors (Lipinski definition) is 0. The Hall–Kier alpha value is -1.07. The number of Topliss-reactive ketones (excluding diaryl/α,β-unsaturated/α-hetero) is 1. The predicted octanol–water partition coefficient (Wildman–Crippen LogP) is 2.73. The predicted molar refractivity (Wildman–Crippen MR) is 62.1 cm³/mol. The lowest BCUT2D eigenvalue weighted by Crippen LogP contribution is -2.02. The molecule has 15 heavy (non-hydrogen) atoms. The Morgan fingerprint density at radius 2 is 2.20 bits per heavy atom. The van der Waals surface area contributed by atoms with Crippen LogP contribution in [0.15, 0.2) is 34.6 Å². The van der Waals surface area contributed by atoms with Crippen molar-refractivity contribution in [3.05, 3.63) is 45.1 Å². The number of hydrogen-bond acceptors (Lipinski definition) is 4. The van der Waals surface area contributed by atoms with Crippen molar-refractivity contribution in [2.24, 2.45) is 0 Å². The molecule has 0 aromatic carbocycles. The van der Waals surface area contributed by atoms with E-state index in [-0.39, 0.29) is 5.78 Å². The van der Waals surface area contributed by atoms with Crippen molar-refractivity contribution < 1.29 is 4.79 Å². The molecule has 0 bridgehead atoms. The van der Waals surface area contributed by atoms with Gasteiger partial charge in [0.1, 0.15) is 0 Å². The molecule has 0 amide bonds. The zero-order valence-corrected chi connectivity index (χ0v) is 10.1. The third kappa shape index (κ3) is 2.70. The molecule has 5 heteroatoms.